The fourth-order valence-corrected chi connectivity index (χ4v) is 8.91. The molecule has 13 nitrogen and oxygen atoms in total. The number of urea groups is 1. The minimum Gasteiger partial charge on any atom is -0.457 e. The normalized spacial score (nSPS) is 11.4. The van der Waals surface area contributed by atoms with Crippen LogP contribution in [0.5, 0.6) is 11.5 Å². The van der Waals surface area contributed by atoms with Gasteiger partial charge in [-0.2, -0.15) is 0 Å². The van der Waals surface area contributed by atoms with Crippen LogP contribution in [0.25, 0.3) is 90.9 Å². The van der Waals surface area contributed by atoms with Gasteiger partial charge in [0, 0.05) is 61.4 Å². The molecule has 0 radical (unpaired) electrons. The molecule has 0 unspecified atom stereocenters. The third-order valence-corrected chi connectivity index (χ3v) is 12.1. The van der Waals surface area contributed by atoms with Crippen molar-refractivity contribution >= 4 is 81.4 Å². The predicted molar refractivity (Wildman–Crippen MR) is 293 cm³/mol. The number of amides is 2. The minimum atomic E-state index is -0.588. The maximum absolute atomic E-state index is 13.2. The number of rotatable bonds is 9. The van der Waals surface area contributed by atoms with Gasteiger partial charge in [0.05, 0.1) is 22.8 Å². The van der Waals surface area contributed by atoms with Crippen LogP contribution in [0.4, 0.5) is 21.9 Å². The molecule has 0 spiro atoms. The Bertz CT molecular complexity index is 3720. The van der Waals surface area contributed by atoms with Gasteiger partial charge in [-0.15, -0.1) is 0 Å². The number of benzene rings is 6. The number of carbonyl (C=O) groups excluding carboxylic acids is 1. The van der Waals surface area contributed by atoms with Gasteiger partial charge >= 0.3 is 6.03 Å². The van der Waals surface area contributed by atoms with E-state index in [0.717, 1.165) is 89.4 Å². The van der Waals surface area contributed by atoms with Gasteiger partial charge in [0.25, 0.3) is 0 Å². The van der Waals surface area contributed by atoms with E-state index in [-0.39, 0.29) is 11.9 Å². The Morgan fingerprint density at radius 3 is 1.12 bits per heavy atom. The predicted octanol–water partition coefficient (Wildman–Crippen LogP) is 13.6. The lowest BCUT2D eigenvalue weighted by atomic mass is 10.0. The lowest BCUT2D eigenvalue weighted by molar-refractivity contribution is 0.256. The largest absolute Gasteiger partial charge is 0.457 e. The van der Waals surface area contributed by atoms with Crippen LogP contribution < -0.4 is 31.7 Å². The number of anilines is 3. The fourth-order valence-electron chi connectivity index (χ4n) is 8.91. The van der Waals surface area contributed by atoms with Crippen molar-refractivity contribution in [2.45, 2.75) is 0 Å². The van der Waals surface area contributed by atoms with Crippen molar-refractivity contribution in [3.05, 3.63) is 211 Å². The second kappa shape index (κ2) is 19.4. The second-order valence-corrected chi connectivity index (χ2v) is 16.9. The minimum absolute atomic E-state index is 0.151. The first kappa shape index (κ1) is 44.2. The van der Waals surface area contributed by atoms with E-state index in [9.17, 15) is 4.79 Å². The van der Waals surface area contributed by atoms with E-state index in [2.05, 4.69) is 128 Å². The molecule has 11 rings (SSSR count). The van der Waals surface area contributed by atoms with Gasteiger partial charge in [0.1, 0.15) is 11.5 Å². The van der Waals surface area contributed by atoms with Crippen LogP contribution in [0.3, 0.4) is 0 Å². The molecule has 72 heavy (non-hydrogen) atoms. The molecule has 13 heteroatoms. The average molecular weight is 940 g/mol. The lowest BCUT2D eigenvalue weighted by Gasteiger charge is -2.12. The number of nitrogens with zero attached hydrogens (tertiary/aromatic N) is 2. The van der Waals surface area contributed by atoms with Crippen LogP contribution in [0.2, 0.25) is 0 Å². The van der Waals surface area contributed by atoms with Gasteiger partial charge in [-0.25, -0.2) is 14.8 Å². The third-order valence-electron chi connectivity index (χ3n) is 12.1. The van der Waals surface area contributed by atoms with Crippen LogP contribution in [-0.4, -0.2) is 37.9 Å². The number of nitrogens with two attached hydrogens (primary N) is 1. The van der Waals surface area contributed by atoms with E-state index in [4.69, 9.17) is 31.3 Å². The van der Waals surface area contributed by atoms with E-state index in [1.165, 1.54) is 0 Å². The Kier molecular flexibility index (Phi) is 11.9. The summed E-state index contributed by atoms with van der Waals surface area (Å²) in [6.45, 7) is 0. The summed E-state index contributed by atoms with van der Waals surface area (Å²) in [7, 11) is 0. The van der Waals surface area contributed by atoms with Gasteiger partial charge in [0.15, 0.2) is 5.96 Å². The molecular formula is C59H45N11O2. The summed E-state index contributed by atoms with van der Waals surface area (Å²) in [6, 6.07) is 60.3. The van der Waals surface area contributed by atoms with Gasteiger partial charge in [-0.3, -0.25) is 16.1 Å². The summed E-state index contributed by atoms with van der Waals surface area (Å²) in [4.78, 5) is 31.6. The Labute approximate surface area is 413 Å². The number of hydrogen-bond donors (Lipinski definition) is 9. The fraction of sp³-hybridized carbons (Fsp3) is 0. The van der Waals surface area contributed by atoms with Crippen molar-refractivity contribution in [2.75, 3.05) is 16.0 Å². The number of guanidine groups is 2. The number of aromatic amines is 2. The van der Waals surface area contributed by atoms with Crippen molar-refractivity contribution in [3.8, 4) is 56.0 Å². The Morgan fingerprint density at radius 2 is 0.750 bits per heavy atom. The maximum Gasteiger partial charge on any atom is 0.325 e. The van der Waals surface area contributed by atoms with Gasteiger partial charge in [-0.1, -0.05) is 103 Å². The highest BCUT2D eigenvalue weighted by Gasteiger charge is 2.19. The second-order valence-electron chi connectivity index (χ2n) is 16.9. The SMILES string of the molecule is N=C(N)Nc1ccc(Oc2ccc(NC(=N)NC(=O)Nc3ccc(-c4c5nc(c(-c6ccccc6)c6ccc([nH]6)c(-c6ccccc6)c6nc(c(-c7ccccc7)c7ccc4[nH]7)C=C6)C=C5)cc3)cc2)cc1. The number of fused-ring (bicyclic) bond motifs is 8. The molecule has 2 amide bonds. The van der Waals surface area contributed by atoms with E-state index in [0.29, 0.717) is 28.6 Å². The number of ether oxygens (including phenoxy) is 1. The summed E-state index contributed by atoms with van der Waals surface area (Å²) in [5.74, 6) is 0.804. The highest BCUT2D eigenvalue weighted by atomic mass is 16.5. The molecular weight excluding hydrogens is 895 g/mol. The molecule has 8 bridgehead atoms. The molecule has 2 aliphatic rings. The van der Waals surface area contributed by atoms with Crippen LogP contribution in [-0.2, 0) is 0 Å². The lowest BCUT2D eigenvalue weighted by Crippen LogP contribution is -2.38. The molecule has 2 aliphatic heterocycles. The highest BCUT2D eigenvalue weighted by molar-refractivity contribution is 6.06. The molecule has 9 aromatic rings. The molecule has 0 saturated heterocycles. The van der Waals surface area contributed by atoms with Crippen molar-refractivity contribution in [2.24, 2.45) is 5.73 Å². The number of H-pyrrole nitrogens is 2. The first-order chi connectivity index (χ1) is 35.3. The number of carbonyl (C=O) groups is 1. The van der Waals surface area contributed by atoms with E-state index in [1.54, 1.807) is 48.5 Å². The quantitative estimate of drug-likeness (QED) is 0.0505. The van der Waals surface area contributed by atoms with Gasteiger partial charge in [-0.05, 0) is 131 Å². The summed E-state index contributed by atoms with van der Waals surface area (Å²) >= 11 is 0. The summed E-state index contributed by atoms with van der Waals surface area (Å²) < 4.78 is 5.92. The van der Waals surface area contributed by atoms with Crippen molar-refractivity contribution in [1.29, 1.82) is 10.8 Å². The monoisotopic (exact) mass is 939 g/mol. The standard InChI is InChI=1S/C59H45N11O2/c60-57(61)63-40-20-24-43(25-21-40)72-44-26-22-41(23-27-44)64-58(62)70-59(71)65-42-18-16-39(17-19-42)56-51-34-32-49(68-51)54(37-12-6-2-7-13-37)47-30-28-45(66-47)53(36-10-4-1-5-11-36)46-29-31-48(67-46)55(38-14-8-3-9-15-38)50-33-35-52(56)69-50/h1-35,66,69H,(H4,60,61,63)(H4,62,64,65,70,71). The van der Waals surface area contributed by atoms with Crippen LogP contribution in [0.15, 0.2) is 188 Å². The molecule has 5 heterocycles. The van der Waals surface area contributed by atoms with E-state index >= 15 is 0 Å². The first-order valence-electron chi connectivity index (χ1n) is 23.1. The zero-order chi connectivity index (χ0) is 49.0. The smallest absolute Gasteiger partial charge is 0.325 e. The Morgan fingerprint density at radius 1 is 0.417 bits per heavy atom. The van der Waals surface area contributed by atoms with E-state index < -0.39 is 6.03 Å². The van der Waals surface area contributed by atoms with E-state index in [1.807, 2.05) is 66.7 Å². The molecule has 0 aliphatic carbocycles. The van der Waals surface area contributed by atoms with Crippen LogP contribution in [0.1, 0.15) is 22.8 Å². The van der Waals surface area contributed by atoms with Crippen LogP contribution in [0, 0.1) is 10.8 Å². The van der Waals surface area contributed by atoms with Crippen molar-refractivity contribution in [3.63, 3.8) is 0 Å². The van der Waals surface area contributed by atoms with Gasteiger partial charge in [0.2, 0.25) is 5.96 Å². The zero-order valence-corrected chi connectivity index (χ0v) is 38.5. The molecule has 0 saturated carbocycles. The third kappa shape index (κ3) is 9.44. The zero-order valence-electron chi connectivity index (χ0n) is 38.5. The topological polar surface area (TPSA) is 206 Å². The molecule has 0 atom stereocenters. The summed E-state index contributed by atoms with van der Waals surface area (Å²) in [5.41, 5.74) is 21.7. The number of aromatic nitrogens is 4. The highest BCUT2D eigenvalue weighted by Crippen LogP contribution is 2.38. The summed E-state index contributed by atoms with van der Waals surface area (Å²) in [6.07, 6.45) is 8.30. The summed E-state index contributed by atoms with van der Waals surface area (Å²) in [5, 5.41) is 26.9. The molecule has 348 valence electrons. The molecule has 0 fully saturated rings. The molecule has 3 aromatic heterocycles. The average Bonchev–Trinajstić information content (AvgIpc) is 4.25. The van der Waals surface area contributed by atoms with Gasteiger partial charge < -0.3 is 36.4 Å². The van der Waals surface area contributed by atoms with Crippen LogP contribution >= 0.6 is 0 Å². The Hall–Kier alpha value is -10.3. The molecule has 6 aromatic carbocycles. The number of hydrogen-bond acceptors (Lipinski definition) is 6. The molecule has 10 N–H and O–H groups in total. The van der Waals surface area contributed by atoms with Crippen molar-refractivity contribution in [1.82, 2.24) is 25.3 Å². The Balaban J connectivity index is 0.932. The first-order valence-corrected chi connectivity index (χ1v) is 23.1. The number of nitrogens with one attached hydrogen (secondary N) is 8. The maximum atomic E-state index is 13.2. The van der Waals surface area contributed by atoms with Crippen molar-refractivity contribution < 1.29 is 9.53 Å².